The maximum Gasteiger partial charge on any atom is 0.478 e. The first kappa shape index (κ1) is 28.8. The van der Waals surface area contributed by atoms with Gasteiger partial charge in [-0.3, -0.25) is 28.2 Å². The Balaban J connectivity index is 1.76. The number of phosphoric ester groups is 1. The van der Waals surface area contributed by atoms with Crippen molar-refractivity contribution in [3.05, 3.63) is 0 Å². The summed E-state index contributed by atoms with van der Waals surface area (Å²) in [4.78, 5) is 47.5. The van der Waals surface area contributed by atoms with Crippen molar-refractivity contribution in [3.8, 4) is 0 Å². The lowest BCUT2D eigenvalue weighted by Gasteiger charge is -2.39. The summed E-state index contributed by atoms with van der Waals surface area (Å²) in [6.07, 6.45) is 3.43. The third-order valence-corrected chi connectivity index (χ3v) is 7.66. The van der Waals surface area contributed by atoms with Gasteiger partial charge in [0.1, 0.15) is 0 Å². The minimum Gasteiger partial charge on any atom is -0.438 e. The second-order valence-corrected chi connectivity index (χ2v) is 11.9. The monoisotopic (exact) mass is 522 g/mol. The van der Waals surface area contributed by atoms with Gasteiger partial charge in [-0.25, -0.2) is 9.09 Å². The highest BCUT2D eigenvalue weighted by molar-refractivity contribution is 8.13. The molecule has 1 saturated heterocycles. The Labute approximate surface area is 204 Å². The number of nitrogens with one attached hydrogen (secondary N) is 2. The summed E-state index contributed by atoms with van der Waals surface area (Å²) >= 11 is 1.12. The molecule has 1 aliphatic heterocycles. The second-order valence-electron chi connectivity index (χ2n) is 8.97. The molecule has 2 atom stereocenters. The standard InChI is InChI=1S/C21H35N2O9PS/c1-15(24)34-12-11-22-17(25)9-10-23-19(26)18-21(2,3)13-30-33(28,32-18)31-14-29-20(27)16-7-5-4-6-8-16/h16,18H,4-14H2,1-3H3,(H,22,25)(H,23,26)/t18-,33?/m0/s1. The summed E-state index contributed by atoms with van der Waals surface area (Å²) < 4.78 is 33.7. The summed E-state index contributed by atoms with van der Waals surface area (Å²) in [5.74, 6) is -0.949. The molecule has 13 heteroatoms. The largest absolute Gasteiger partial charge is 0.478 e. The van der Waals surface area contributed by atoms with E-state index in [2.05, 4.69) is 10.6 Å². The summed E-state index contributed by atoms with van der Waals surface area (Å²) in [5, 5.41) is 5.23. The molecule has 194 valence electrons. The Hall–Kier alpha value is -1.46. The average Bonchev–Trinajstić information content (AvgIpc) is 2.79. The Morgan fingerprint density at radius 3 is 2.47 bits per heavy atom. The summed E-state index contributed by atoms with van der Waals surface area (Å²) in [6, 6.07) is 0. The zero-order valence-electron chi connectivity index (χ0n) is 20.0. The van der Waals surface area contributed by atoms with E-state index < -0.39 is 38.0 Å². The van der Waals surface area contributed by atoms with Crippen LogP contribution in [0.3, 0.4) is 0 Å². The van der Waals surface area contributed by atoms with E-state index in [1.807, 2.05) is 0 Å². The van der Waals surface area contributed by atoms with Gasteiger partial charge < -0.3 is 15.4 Å². The predicted molar refractivity (Wildman–Crippen MR) is 125 cm³/mol. The first-order chi connectivity index (χ1) is 16.0. The number of amides is 2. The topological polar surface area (TPSA) is 146 Å². The third-order valence-electron chi connectivity index (χ3n) is 5.51. The van der Waals surface area contributed by atoms with Crippen molar-refractivity contribution in [3.63, 3.8) is 0 Å². The Kier molecular flexibility index (Phi) is 11.5. The molecule has 2 aliphatic rings. The van der Waals surface area contributed by atoms with Crippen molar-refractivity contribution < 1.29 is 42.1 Å². The average molecular weight is 523 g/mol. The molecule has 1 unspecified atom stereocenters. The van der Waals surface area contributed by atoms with E-state index >= 15 is 0 Å². The van der Waals surface area contributed by atoms with Crippen LogP contribution in [0.15, 0.2) is 0 Å². The number of hydrogen-bond donors (Lipinski definition) is 2. The Bertz CT molecular complexity index is 786. The van der Waals surface area contributed by atoms with E-state index in [1.165, 1.54) is 6.92 Å². The number of carbonyl (C=O) groups excluding carboxylic acids is 4. The quantitative estimate of drug-likeness (QED) is 0.180. The highest BCUT2D eigenvalue weighted by Gasteiger charge is 2.49. The van der Waals surface area contributed by atoms with E-state index in [0.717, 1.165) is 43.9 Å². The van der Waals surface area contributed by atoms with E-state index in [4.69, 9.17) is 18.3 Å². The summed E-state index contributed by atoms with van der Waals surface area (Å²) in [7, 11) is -4.12. The molecule has 2 rings (SSSR count). The van der Waals surface area contributed by atoms with Gasteiger partial charge in [0.15, 0.2) is 11.2 Å². The normalized spacial score (nSPS) is 24.7. The molecule has 2 amide bonds. The van der Waals surface area contributed by atoms with Gasteiger partial charge in [0.25, 0.3) is 0 Å². The van der Waals surface area contributed by atoms with Crippen LogP contribution in [0.1, 0.15) is 59.3 Å². The van der Waals surface area contributed by atoms with Crippen molar-refractivity contribution >= 4 is 42.5 Å². The molecular weight excluding hydrogens is 487 g/mol. The van der Waals surface area contributed by atoms with Crippen LogP contribution < -0.4 is 10.6 Å². The van der Waals surface area contributed by atoms with E-state index in [-0.39, 0.29) is 36.5 Å². The minimum absolute atomic E-state index is 0.0239. The van der Waals surface area contributed by atoms with Gasteiger partial charge in [-0.2, -0.15) is 0 Å². The molecule has 1 aliphatic carbocycles. The zero-order chi connectivity index (χ0) is 25.2. The fourth-order valence-electron chi connectivity index (χ4n) is 3.56. The van der Waals surface area contributed by atoms with Gasteiger partial charge in [-0.1, -0.05) is 44.9 Å². The van der Waals surface area contributed by atoms with Crippen LogP contribution in [0.5, 0.6) is 0 Å². The third kappa shape index (κ3) is 9.65. The van der Waals surface area contributed by atoms with Crippen molar-refractivity contribution in [1.82, 2.24) is 10.6 Å². The first-order valence-corrected chi connectivity index (χ1v) is 13.9. The van der Waals surface area contributed by atoms with Crippen LogP contribution in [-0.4, -0.2) is 61.2 Å². The van der Waals surface area contributed by atoms with Crippen LogP contribution in [0.25, 0.3) is 0 Å². The first-order valence-electron chi connectivity index (χ1n) is 11.4. The van der Waals surface area contributed by atoms with Gasteiger partial charge in [-0.15, -0.1) is 0 Å². The van der Waals surface area contributed by atoms with Crippen LogP contribution in [0.2, 0.25) is 0 Å². The second kappa shape index (κ2) is 13.6. The molecule has 1 heterocycles. The zero-order valence-corrected chi connectivity index (χ0v) is 21.7. The molecule has 0 bridgehead atoms. The maximum atomic E-state index is 12.8. The number of rotatable bonds is 11. The molecular formula is C21H35N2O9PS. The van der Waals surface area contributed by atoms with Gasteiger partial charge in [0.2, 0.25) is 18.6 Å². The van der Waals surface area contributed by atoms with Gasteiger partial charge in [0.05, 0.1) is 12.5 Å². The lowest BCUT2D eigenvalue weighted by molar-refractivity contribution is -0.160. The molecule has 2 fully saturated rings. The number of carbonyl (C=O) groups is 4. The molecule has 11 nitrogen and oxygen atoms in total. The number of esters is 1. The summed E-state index contributed by atoms with van der Waals surface area (Å²) in [6.45, 7) is 4.60. The molecule has 0 radical (unpaired) electrons. The highest BCUT2D eigenvalue weighted by Crippen LogP contribution is 2.57. The van der Waals surface area contributed by atoms with Gasteiger partial charge in [0, 0.05) is 37.6 Å². The Morgan fingerprint density at radius 2 is 1.79 bits per heavy atom. The number of thioether (sulfide) groups is 1. The highest BCUT2D eigenvalue weighted by atomic mass is 32.2. The predicted octanol–water partition coefficient (Wildman–Crippen LogP) is 2.54. The molecule has 34 heavy (non-hydrogen) atoms. The van der Waals surface area contributed by atoms with E-state index in [1.54, 1.807) is 13.8 Å². The van der Waals surface area contributed by atoms with Crippen LogP contribution in [0, 0.1) is 11.3 Å². The Morgan fingerprint density at radius 1 is 1.09 bits per heavy atom. The van der Waals surface area contributed by atoms with Crippen molar-refractivity contribution in [1.29, 1.82) is 0 Å². The van der Waals surface area contributed by atoms with Crippen molar-refractivity contribution in [2.75, 3.05) is 32.2 Å². The smallest absolute Gasteiger partial charge is 0.438 e. The summed E-state index contributed by atoms with van der Waals surface area (Å²) in [5.41, 5.74) is -0.813. The molecule has 0 aromatic carbocycles. The van der Waals surface area contributed by atoms with Crippen LogP contribution in [0.4, 0.5) is 0 Å². The van der Waals surface area contributed by atoms with Crippen molar-refractivity contribution in [2.45, 2.75) is 65.4 Å². The van der Waals surface area contributed by atoms with Gasteiger partial charge in [-0.05, 0) is 12.8 Å². The number of ether oxygens (including phenoxy) is 1. The van der Waals surface area contributed by atoms with Crippen LogP contribution >= 0.6 is 19.6 Å². The maximum absolute atomic E-state index is 12.8. The number of phosphoric acid groups is 1. The molecule has 1 saturated carbocycles. The molecule has 0 spiro atoms. The SMILES string of the molecule is CC(=O)SCCNC(=O)CCNC(=O)[C@@H]1OP(=O)(OCOC(=O)C2CCCCC2)OCC1(C)C. The molecule has 0 aromatic rings. The minimum atomic E-state index is -4.12. The van der Waals surface area contributed by atoms with Crippen molar-refractivity contribution in [2.24, 2.45) is 11.3 Å². The van der Waals surface area contributed by atoms with Crippen LogP contribution in [-0.2, 0) is 42.1 Å². The fraction of sp³-hybridized carbons (Fsp3) is 0.810. The lowest BCUT2D eigenvalue weighted by atomic mass is 9.87. The van der Waals surface area contributed by atoms with E-state index in [0.29, 0.717) is 12.3 Å². The lowest BCUT2D eigenvalue weighted by Crippen LogP contribution is -2.50. The van der Waals surface area contributed by atoms with Gasteiger partial charge >= 0.3 is 13.8 Å². The number of hydrogen-bond acceptors (Lipinski definition) is 10. The molecule has 0 aromatic heterocycles. The van der Waals surface area contributed by atoms with E-state index in [9.17, 15) is 23.7 Å². The fourth-order valence-corrected chi connectivity index (χ4v) is 5.56. The molecule has 2 N–H and O–H groups in total.